The van der Waals surface area contributed by atoms with Crippen LogP contribution in [-0.4, -0.2) is 19.5 Å². The summed E-state index contributed by atoms with van der Waals surface area (Å²) < 4.78 is 28.2. The van der Waals surface area contributed by atoms with Crippen molar-refractivity contribution in [2.24, 2.45) is 10.9 Å². The van der Waals surface area contributed by atoms with E-state index in [0.29, 0.717) is 20.2 Å². The van der Waals surface area contributed by atoms with Gasteiger partial charge in [0.25, 0.3) is 10.0 Å². The van der Waals surface area contributed by atoms with Gasteiger partial charge in [-0.05, 0) is 61.5 Å². The predicted octanol–water partition coefficient (Wildman–Crippen LogP) is 3.17. The van der Waals surface area contributed by atoms with Gasteiger partial charge in [0, 0.05) is 14.5 Å². The van der Waals surface area contributed by atoms with Gasteiger partial charge in [-0.2, -0.15) is 0 Å². The van der Waals surface area contributed by atoms with E-state index in [0.717, 1.165) is 11.3 Å². The summed E-state index contributed by atoms with van der Waals surface area (Å²) in [5.74, 6) is -0.0638. The zero-order valence-corrected chi connectivity index (χ0v) is 15.1. The number of rotatable bonds is 4. The highest BCUT2D eigenvalue weighted by Gasteiger charge is 2.20. The highest BCUT2D eigenvalue weighted by molar-refractivity contribution is 9.11. The molecule has 4 N–H and O–H groups in total. The number of hydrogen-bond donors (Lipinski definition) is 3. The van der Waals surface area contributed by atoms with Crippen molar-refractivity contribution in [3.63, 3.8) is 0 Å². The summed E-state index contributed by atoms with van der Waals surface area (Å²) in [7, 11) is -3.68. The average Bonchev–Trinajstić information content (AvgIpc) is 2.87. The minimum absolute atomic E-state index is 0.0638. The summed E-state index contributed by atoms with van der Waals surface area (Å²) in [6.45, 7) is 0. The van der Waals surface area contributed by atoms with E-state index in [2.05, 4.69) is 41.7 Å². The van der Waals surface area contributed by atoms with Gasteiger partial charge in [0.1, 0.15) is 0 Å². The third kappa shape index (κ3) is 3.57. The maximum absolute atomic E-state index is 12.3. The Morgan fingerprint density at radius 2 is 2.00 bits per heavy atom. The van der Waals surface area contributed by atoms with E-state index >= 15 is 0 Å². The monoisotopic (exact) mass is 453 g/mol. The molecule has 0 aliphatic rings. The second-order valence-corrected chi connectivity index (χ2v) is 8.34. The van der Waals surface area contributed by atoms with Gasteiger partial charge in [-0.3, -0.25) is 4.72 Å². The Morgan fingerprint density at radius 3 is 2.52 bits per heavy atom. The van der Waals surface area contributed by atoms with Crippen molar-refractivity contribution in [1.82, 2.24) is 0 Å². The molecule has 10 heteroatoms. The van der Waals surface area contributed by atoms with Gasteiger partial charge >= 0.3 is 0 Å². The summed E-state index contributed by atoms with van der Waals surface area (Å²) >= 11 is 7.55. The largest absolute Gasteiger partial charge is 0.409 e. The van der Waals surface area contributed by atoms with Crippen molar-refractivity contribution >= 4 is 64.7 Å². The van der Waals surface area contributed by atoms with Crippen LogP contribution in [0.3, 0.4) is 0 Å². The topological polar surface area (TPSA) is 105 Å². The summed E-state index contributed by atoms with van der Waals surface area (Å²) in [6.07, 6.45) is 0. The Balaban J connectivity index is 2.35. The van der Waals surface area contributed by atoms with Crippen LogP contribution in [0.15, 0.2) is 48.0 Å². The summed E-state index contributed by atoms with van der Waals surface area (Å²) in [5.41, 5.74) is 6.29. The maximum Gasteiger partial charge on any atom is 0.272 e. The third-order valence-corrected chi connectivity index (χ3v) is 7.14. The number of sulfonamides is 1. The van der Waals surface area contributed by atoms with Crippen LogP contribution in [0.5, 0.6) is 0 Å². The lowest BCUT2D eigenvalue weighted by molar-refractivity contribution is 0.318. The molecule has 0 atom stereocenters. The van der Waals surface area contributed by atoms with Crippen molar-refractivity contribution in [2.75, 3.05) is 4.72 Å². The smallest absolute Gasteiger partial charge is 0.272 e. The van der Waals surface area contributed by atoms with Gasteiger partial charge in [-0.15, -0.1) is 11.3 Å². The van der Waals surface area contributed by atoms with Gasteiger partial charge in [0.15, 0.2) is 10.0 Å². The normalized spacial score (nSPS) is 12.4. The average molecular weight is 455 g/mol. The molecule has 0 aliphatic heterocycles. The van der Waals surface area contributed by atoms with Crippen molar-refractivity contribution in [1.29, 1.82) is 0 Å². The molecule has 0 saturated carbocycles. The van der Waals surface area contributed by atoms with Crippen LogP contribution >= 0.6 is 43.2 Å². The van der Waals surface area contributed by atoms with E-state index < -0.39 is 10.0 Å². The molecule has 0 fully saturated rings. The Morgan fingerprint density at radius 1 is 1.29 bits per heavy atom. The van der Waals surface area contributed by atoms with Crippen LogP contribution in [-0.2, 0) is 10.0 Å². The molecule has 0 radical (unpaired) electrons. The molecular formula is C11H9Br2N3O3S2. The first kappa shape index (κ1) is 16.3. The SMILES string of the molecule is N/C(=N/O)c1ccc(NS(=O)(=O)c2sccc2Br)c(Br)c1. The number of nitrogens with two attached hydrogens (primary N) is 1. The quantitative estimate of drug-likeness (QED) is 0.285. The van der Waals surface area contributed by atoms with Crippen LogP contribution in [0, 0.1) is 0 Å². The first-order valence-electron chi connectivity index (χ1n) is 5.38. The van der Waals surface area contributed by atoms with Gasteiger partial charge in [-0.1, -0.05) is 5.16 Å². The van der Waals surface area contributed by atoms with Gasteiger partial charge in [0.2, 0.25) is 0 Å². The molecule has 6 nitrogen and oxygen atoms in total. The molecule has 1 aromatic carbocycles. The summed E-state index contributed by atoms with van der Waals surface area (Å²) in [5, 5.41) is 13.2. The minimum Gasteiger partial charge on any atom is -0.409 e. The molecule has 1 aromatic heterocycles. The molecule has 0 unspecified atom stereocenters. The lowest BCUT2D eigenvalue weighted by Gasteiger charge is -2.10. The number of nitrogens with zero attached hydrogens (tertiary/aromatic N) is 1. The van der Waals surface area contributed by atoms with Crippen LogP contribution in [0.25, 0.3) is 0 Å². The predicted molar refractivity (Wildman–Crippen MR) is 89.5 cm³/mol. The molecule has 2 aromatic rings. The highest BCUT2D eigenvalue weighted by Crippen LogP contribution is 2.31. The zero-order chi connectivity index (χ0) is 15.6. The zero-order valence-electron chi connectivity index (χ0n) is 10.2. The highest BCUT2D eigenvalue weighted by atomic mass is 79.9. The second-order valence-electron chi connectivity index (χ2n) is 3.84. The second kappa shape index (κ2) is 6.34. The molecule has 0 aliphatic carbocycles. The Hall–Kier alpha value is -1.10. The van der Waals surface area contributed by atoms with E-state index in [1.807, 2.05) is 0 Å². The molecule has 0 saturated heterocycles. The van der Waals surface area contributed by atoms with Crippen molar-refractivity contribution < 1.29 is 13.6 Å². The first-order chi connectivity index (χ1) is 9.85. The minimum atomic E-state index is -3.68. The number of nitrogens with one attached hydrogen (secondary N) is 1. The number of thiophene rings is 1. The molecule has 112 valence electrons. The van der Waals surface area contributed by atoms with Gasteiger partial charge < -0.3 is 10.9 Å². The fraction of sp³-hybridized carbons (Fsp3) is 0. The van der Waals surface area contributed by atoms with E-state index in [1.54, 1.807) is 23.6 Å². The molecule has 0 bridgehead atoms. The van der Waals surface area contributed by atoms with Crippen LogP contribution in [0.4, 0.5) is 5.69 Å². The fourth-order valence-electron chi connectivity index (χ4n) is 1.48. The lowest BCUT2D eigenvalue weighted by Crippen LogP contribution is -2.15. The van der Waals surface area contributed by atoms with Gasteiger partial charge in [0.05, 0.1) is 5.69 Å². The Labute approximate surface area is 142 Å². The number of anilines is 1. The summed E-state index contributed by atoms with van der Waals surface area (Å²) in [6, 6.07) is 6.28. The standard InChI is InChI=1S/C11H9Br2N3O3S2/c12-7-3-4-20-11(7)21(18,19)16-9-2-1-6(5-8(9)13)10(14)15-17/h1-5,16-17H,(H2,14,15). The molecule has 21 heavy (non-hydrogen) atoms. The number of hydrogen-bond acceptors (Lipinski definition) is 5. The molecule has 0 spiro atoms. The van der Waals surface area contributed by atoms with Gasteiger partial charge in [-0.25, -0.2) is 8.42 Å². The molecule has 2 rings (SSSR count). The Kier molecular flexibility index (Phi) is 4.91. The maximum atomic E-state index is 12.3. The molecule has 1 heterocycles. The fourth-order valence-corrected chi connectivity index (χ4v) is 5.51. The van der Waals surface area contributed by atoms with E-state index in [4.69, 9.17) is 10.9 Å². The van der Waals surface area contributed by atoms with Crippen molar-refractivity contribution in [2.45, 2.75) is 4.21 Å². The Bertz CT molecular complexity index is 803. The van der Waals surface area contributed by atoms with Crippen molar-refractivity contribution in [3.05, 3.63) is 44.2 Å². The van der Waals surface area contributed by atoms with Crippen LogP contribution in [0.2, 0.25) is 0 Å². The molecular weight excluding hydrogens is 446 g/mol. The number of benzene rings is 1. The van der Waals surface area contributed by atoms with E-state index in [9.17, 15) is 8.42 Å². The lowest BCUT2D eigenvalue weighted by atomic mass is 10.2. The van der Waals surface area contributed by atoms with Crippen LogP contribution in [0.1, 0.15) is 5.56 Å². The molecule has 0 amide bonds. The van der Waals surface area contributed by atoms with E-state index in [1.165, 1.54) is 6.07 Å². The number of amidine groups is 1. The number of halogens is 2. The van der Waals surface area contributed by atoms with Crippen LogP contribution < -0.4 is 10.5 Å². The third-order valence-electron chi connectivity index (χ3n) is 2.45. The van der Waals surface area contributed by atoms with Crippen molar-refractivity contribution in [3.8, 4) is 0 Å². The van der Waals surface area contributed by atoms with E-state index in [-0.39, 0.29) is 10.0 Å². The first-order valence-corrected chi connectivity index (χ1v) is 9.33. The number of oxime groups is 1. The summed E-state index contributed by atoms with van der Waals surface area (Å²) in [4.78, 5) is 0.